The van der Waals surface area contributed by atoms with Gasteiger partial charge in [-0.2, -0.15) is 13.2 Å². The molecule has 0 fully saturated rings. The van der Waals surface area contributed by atoms with Crippen molar-refractivity contribution in [2.75, 3.05) is 16.2 Å². The molecule has 0 bridgehead atoms. The molecule has 0 saturated carbocycles. The van der Waals surface area contributed by atoms with Gasteiger partial charge in [-0.3, -0.25) is 14.1 Å². The normalized spacial score (nSPS) is 16.6. The lowest BCUT2D eigenvalue weighted by Crippen LogP contribution is -2.44. The van der Waals surface area contributed by atoms with E-state index < -0.39 is 34.7 Å². The van der Waals surface area contributed by atoms with Gasteiger partial charge in [0.05, 0.1) is 49.3 Å². The van der Waals surface area contributed by atoms with E-state index in [1.54, 1.807) is 12.1 Å². The SMILES string of the molecule is NC1Cc2ncc(NC(=O)c3c(Cl)cccc3Cl)cc2N(S(=O)c2cccc(C(F)(F)F)c2)C1. The Morgan fingerprint density at radius 3 is 2.50 bits per heavy atom. The number of aromatic nitrogens is 1. The standard InChI is InChI=1S/C22H17Cl2F3N4O2S/c23-16-5-2-6-17(24)20(16)21(32)30-14-9-19-18(29-10-14)8-13(28)11-31(19)34(33)15-4-1-3-12(7-15)22(25,26)27/h1-7,9-10,13H,8,11,28H2,(H,30,32). The van der Waals surface area contributed by atoms with Crippen LogP contribution in [0.3, 0.4) is 0 Å². The second-order valence-electron chi connectivity index (χ2n) is 7.54. The smallest absolute Gasteiger partial charge is 0.326 e. The van der Waals surface area contributed by atoms with Gasteiger partial charge in [0.1, 0.15) is 0 Å². The van der Waals surface area contributed by atoms with Crippen LogP contribution in [0.25, 0.3) is 0 Å². The minimum Gasteiger partial charge on any atom is -0.326 e. The number of hydrogen-bond donors (Lipinski definition) is 2. The van der Waals surface area contributed by atoms with Crippen molar-refractivity contribution in [1.29, 1.82) is 0 Å². The first-order valence-corrected chi connectivity index (χ1v) is 11.8. The lowest BCUT2D eigenvalue weighted by Gasteiger charge is -2.33. The first-order valence-electron chi connectivity index (χ1n) is 9.91. The Balaban J connectivity index is 1.67. The zero-order valence-electron chi connectivity index (χ0n) is 17.3. The van der Waals surface area contributed by atoms with Gasteiger partial charge in [-0.05, 0) is 36.4 Å². The second kappa shape index (κ2) is 9.53. The number of rotatable bonds is 4. The summed E-state index contributed by atoms with van der Waals surface area (Å²) in [7, 11) is -2.00. The summed E-state index contributed by atoms with van der Waals surface area (Å²) in [6.07, 6.45) is -2.80. The molecule has 3 aromatic rings. The van der Waals surface area contributed by atoms with Gasteiger partial charge in [0.25, 0.3) is 5.91 Å². The second-order valence-corrected chi connectivity index (χ2v) is 9.77. The number of halogens is 5. The fraction of sp³-hybridized carbons (Fsp3) is 0.182. The molecule has 2 unspecified atom stereocenters. The summed E-state index contributed by atoms with van der Waals surface area (Å²) in [5.74, 6) is -0.574. The fourth-order valence-electron chi connectivity index (χ4n) is 3.52. The Hall–Kier alpha value is -2.66. The number of alkyl halides is 3. The van der Waals surface area contributed by atoms with Crippen molar-refractivity contribution in [2.24, 2.45) is 5.73 Å². The highest BCUT2D eigenvalue weighted by Gasteiger charge is 2.33. The van der Waals surface area contributed by atoms with E-state index in [4.69, 9.17) is 28.9 Å². The third kappa shape index (κ3) is 5.05. The molecule has 0 spiro atoms. The Kier molecular flexibility index (Phi) is 6.86. The van der Waals surface area contributed by atoms with E-state index in [1.807, 2.05) is 0 Å². The molecule has 2 aromatic carbocycles. The van der Waals surface area contributed by atoms with Crippen molar-refractivity contribution in [2.45, 2.75) is 23.5 Å². The third-order valence-corrected chi connectivity index (χ3v) is 7.12. The number of nitrogens with zero attached hydrogens (tertiary/aromatic N) is 2. The van der Waals surface area contributed by atoms with Crippen LogP contribution < -0.4 is 15.4 Å². The maximum atomic E-state index is 13.3. The molecule has 34 heavy (non-hydrogen) atoms. The topological polar surface area (TPSA) is 88.3 Å². The van der Waals surface area contributed by atoms with Gasteiger partial charge in [0.15, 0.2) is 11.0 Å². The molecule has 3 N–H and O–H groups in total. The monoisotopic (exact) mass is 528 g/mol. The summed E-state index contributed by atoms with van der Waals surface area (Å²) in [5, 5.41) is 2.98. The number of carbonyl (C=O) groups is 1. The van der Waals surface area contributed by atoms with Crippen molar-refractivity contribution in [3.8, 4) is 0 Å². The van der Waals surface area contributed by atoms with Gasteiger partial charge in [0.2, 0.25) is 0 Å². The quantitative estimate of drug-likeness (QED) is 0.494. The molecule has 0 radical (unpaired) electrons. The largest absolute Gasteiger partial charge is 0.416 e. The van der Waals surface area contributed by atoms with Crippen molar-refractivity contribution < 1.29 is 22.2 Å². The van der Waals surface area contributed by atoms with Crippen molar-refractivity contribution in [3.63, 3.8) is 0 Å². The number of fused-ring (bicyclic) bond motifs is 1. The van der Waals surface area contributed by atoms with Crippen LogP contribution >= 0.6 is 23.2 Å². The summed E-state index contributed by atoms with van der Waals surface area (Å²) < 4.78 is 54.1. The van der Waals surface area contributed by atoms with E-state index in [1.165, 1.54) is 34.8 Å². The van der Waals surface area contributed by atoms with Crippen LogP contribution in [0.15, 0.2) is 59.6 Å². The number of carbonyl (C=O) groups excluding carboxylic acids is 1. The molecule has 1 aliphatic heterocycles. The molecule has 12 heteroatoms. The fourth-order valence-corrected chi connectivity index (χ4v) is 5.43. The first-order chi connectivity index (χ1) is 16.0. The molecule has 0 aliphatic carbocycles. The predicted octanol–water partition coefficient (Wildman–Crippen LogP) is 5.07. The summed E-state index contributed by atoms with van der Waals surface area (Å²) in [6.45, 7) is 0.116. The van der Waals surface area contributed by atoms with Gasteiger partial charge in [0, 0.05) is 19.0 Å². The van der Waals surface area contributed by atoms with Crippen LogP contribution in [0, 0.1) is 0 Å². The van der Waals surface area contributed by atoms with Crippen LogP contribution in [0.1, 0.15) is 21.6 Å². The number of amides is 1. The molecule has 2 heterocycles. The lowest BCUT2D eigenvalue weighted by molar-refractivity contribution is -0.137. The zero-order chi connectivity index (χ0) is 24.6. The number of anilines is 2. The molecule has 1 aromatic heterocycles. The van der Waals surface area contributed by atoms with Crippen LogP contribution in [0.2, 0.25) is 10.0 Å². The summed E-state index contributed by atoms with van der Waals surface area (Å²) in [4.78, 5) is 17.0. The van der Waals surface area contributed by atoms with E-state index in [0.717, 1.165) is 12.1 Å². The molecular weight excluding hydrogens is 512 g/mol. The average Bonchev–Trinajstić information content (AvgIpc) is 2.77. The maximum Gasteiger partial charge on any atom is 0.416 e. The Morgan fingerprint density at radius 2 is 1.82 bits per heavy atom. The van der Waals surface area contributed by atoms with Gasteiger partial charge < -0.3 is 11.1 Å². The molecule has 0 saturated heterocycles. The maximum absolute atomic E-state index is 13.3. The Labute approximate surface area is 205 Å². The van der Waals surface area contributed by atoms with E-state index in [2.05, 4.69) is 10.3 Å². The molecule has 6 nitrogen and oxygen atoms in total. The molecule has 1 amide bonds. The first kappa shape index (κ1) is 24.5. The van der Waals surface area contributed by atoms with Crippen LogP contribution in [0.5, 0.6) is 0 Å². The minimum absolute atomic E-state index is 0.0350. The minimum atomic E-state index is -4.57. The highest BCUT2D eigenvalue weighted by Crippen LogP contribution is 2.34. The van der Waals surface area contributed by atoms with Crippen LogP contribution in [-0.2, 0) is 23.6 Å². The number of pyridine rings is 1. The van der Waals surface area contributed by atoms with Gasteiger partial charge in [-0.25, -0.2) is 4.21 Å². The third-order valence-electron chi connectivity index (χ3n) is 5.08. The van der Waals surface area contributed by atoms with Crippen LogP contribution in [0.4, 0.5) is 24.5 Å². The van der Waals surface area contributed by atoms with E-state index in [9.17, 15) is 22.2 Å². The average molecular weight is 529 g/mol. The van der Waals surface area contributed by atoms with Gasteiger partial charge in [-0.1, -0.05) is 35.3 Å². The lowest BCUT2D eigenvalue weighted by atomic mass is 10.1. The van der Waals surface area contributed by atoms with Crippen molar-refractivity contribution in [3.05, 3.63) is 81.6 Å². The van der Waals surface area contributed by atoms with E-state index in [-0.39, 0.29) is 32.7 Å². The Morgan fingerprint density at radius 1 is 1.15 bits per heavy atom. The van der Waals surface area contributed by atoms with E-state index >= 15 is 0 Å². The van der Waals surface area contributed by atoms with Crippen molar-refractivity contribution >= 4 is 51.5 Å². The molecule has 2 atom stereocenters. The molecule has 4 rings (SSSR count). The predicted molar refractivity (Wildman–Crippen MR) is 126 cm³/mol. The summed E-state index contributed by atoms with van der Waals surface area (Å²) in [6, 6.07) is 10.1. The summed E-state index contributed by atoms with van der Waals surface area (Å²) >= 11 is 12.2. The molecular formula is C22H17Cl2F3N4O2S. The number of benzene rings is 2. The number of nitrogens with two attached hydrogens (primary N) is 1. The van der Waals surface area contributed by atoms with Gasteiger partial charge in [-0.15, -0.1) is 0 Å². The molecule has 178 valence electrons. The van der Waals surface area contributed by atoms with Crippen molar-refractivity contribution in [1.82, 2.24) is 4.98 Å². The van der Waals surface area contributed by atoms with Gasteiger partial charge >= 0.3 is 6.18 Å². The summed E-state index contributed by atoms with van der Waals surface area (Å²) in [5.41, 5.74) is 6.42. The number of nitrogens with one attached hydrogen (secondary N) is 1. The van der Waals surface area contributed by atoms with Crippen LogP contribution in [-0.4, -0.2) is 27.7 Å². The zero-order valence-corrected chi connectivity index (χ0v) is 19.6. The highest BCUT2D eigenvalue weighted by atomic mass is 35.5. The number of hydrogen-bond acceptors (Lipinski definition) is 4. The Bertz CT molecular complexity index is 1270. The van der Waals surface area contributed by atoms with E-state index in [0.29, 0.717) is 17.8 Å². The molecule has 1 aliphatic rings. The highest BCUT2D eigenvalue weighted by molar-refractivity contribution is 7.86.